The molecule has 1 amide bonds. The number of ketones is 1. The lowest BCUT2D eigenvalue weighted by Crippen LogP contribution is -2.45. The van der Waals surface area contributed by atoms with E-state index >= 15 is 0 Å². The van der Waals surface area contributed by atoms with Crippen molar-refractivity contribution in [2.45, 2.75) is 32.5 Å². The van der Waals surface area contributed by atoms with Crippen molar-refractivity contribution in [3.8, 4) is 0 Å². The summed E-state index contributed by atoms with van der Waals surface area (Å²) in [6.45, 7) is 3.14. The number of thiophene rings is 1. The molecule has 1 unspecified atom stereocenters. The summed E-state index contributed by atoms with van der Waals surface area (Å²) in [4.78, 5) is 22.8. The average molecular weight is 279 g/mol. The van der Waals surface area contributed by atoms with Crippen molar-refractivity contribution in [2.24, 2.45) is 0 Å². The highest BCUT2D eigenvalue weighted by Gasteiger charge is 2.40. The zero-order chi connectivity index (χ0) is 13.9. The van der Waals surface area contributed by atoms with Crippen LogP contribution in [0.3, 0.4) is 0 Å². The van der Waals surface area contributed by atoms with Gasteiger partial charge in [-0.1, -0.05) is 6.92 Å². The second-order valence-electron chi connectivity index (χ2n) is 3.73. The Labute approximate surface area is 106 Å². The van der Waals surface area contributed by atoms with E-state index < -0.39 is 23.9 Å². The highest BCUT2D eigenvalue weighted by Crippen LogP contribution is 2.18. The molecule has 0 bridgehead atoms. The fourth-order valence-corrected chi connectivity index (χ4v) is 2.27. The average Bonchev–Trinajstić information content (AvgIpc) is 2.74. The summed E-state index contributed by atoms with van der Waals surface area (Å²) < 4.78 is 36.0. The number of halogens is 3. The van der Waals surface area contributed by atoms with E-state index in [1.165, 1.54) is 6.92 Å². The van der Waals surface area contributed by atoms with Gasteiger partial charge < -0.3 is 5.32 Å². The largest absolute Gasteiger partial charge is 0.471 e. The Kier molecular flexibility index (Phi) is 4.50. The molecule has 1 atom stereocenters. The van der Waals surface area contributed by atoms with Crippen molar-refractivity contribution >= 4 is 23.0 Å². The van der Waals surface area contributed by atoms with Gasteiger partial charge in [0.15, 0.2) is 5.78 Å². The summed E-state index contributed by atoms with van der Waals surface area (Å²) >= 11 is 1.16. The number of hydrogen-bond donors (Lipinski definition) is 1. The summed E-state index contributed by atoms with van der Waals surface area (Å²) in [6, 6.07) is 0.436. The summed E-state index contributed by atoms with van der Waals surface area (Å²) in [5.41, 5.74) is 0.942. The number of rotatable bonds is 4. The highest BCUT2D eigenvalue weighted by atomic mass is 32.1. The van der Waals surface area contributed by atoms with Crippen molar-refractivity contribution in [2.75, 3.05) is 0 Å². The van der Waals surface area contributed by atoms with Gasteiger partial charge in [-0.3, -0.25) is 9.59 Å². The van der Waals surface area contributed by atoms with E-state index in [1.54, 1.807) is 16.8 Å². The minimum atomic E-state index is -4.97. The summed E-state index contributed by atoms with van der Waals surface area (Å²) in [7, 11) is 0. The number of amides is 1. The molecule has 18 heavy (non-hydrogen) atoms. The van der Waals surface area contributed by atoms with Crippen LogP contribution in [0.2, 0.25) is 0 Å². The predicted molar refractivity (Wildman–Crippen MR) is 61.7 cm³/mol. The van der Waals surface area contributed by atoms with Gasteiger partial charge in [0.25, 0.3) is 0 Å². The molecule has 0 spiro atoms. The number of hydrogen-bond acceptors (Lipinski definition) is 3. The third-order valence-electron chi connectivity index (χ3n) is 2.30. The molecule has 1 rings (SSSR count). The topological polar surface area (TPSA) is 46.2 Å². The number of Topliss-reactive ketones (excluding diaryl/α,β-unsaturated/α-hetero) is 1. The second-order valence-corrected chi connectivity index (χ2v) is 4.64. The van der Waals surface area contributed by atoms with Crippen LogP contribution in [0.5, 0.6) is 0 Å². The van der Waals surface area contributed by atoms with Crippen LogP contribution in [0.1, 0.15) is 29.1 Å². The fourth-order valence-electron chi connectivity index (χ4n) is 1.25. The number of nitrogens with one attached hydrogen (secondary N) is 1. The fraction of sp³-hybridized carbons (Fsp3) is 0.455. The van der Waals surface area contributed by atoms with Gasteiger partial charge in [0.05, 0.1) is 10.9 Å². The smallest absolute Gasteiger partial charge is 0.338 e. The Morgan fingerprint density at radius 3 is 2.50 bits per heavy atom. The van der Waals surface area contributed by atoms with Crippen molar-refractivity contribution < 1.29 is 22.8 Å². The molecule has 7 heteroatoms. The molecular formula is C11H12F3NO2S. The van der Waals surface area contributed by atoms with Crippen LogP contribution in [-0.4, -0.2) is 23.9 Å². The van der Waals surface area contributed by atoms with Crippen LogP contribution in [0, 0.1) is 0 Å². The number of aryl methyl sites for hydroxylation is 1. The normalized spacial score (nSPS) is 13.2. The highest BCUT2D eigenvalue weighted by molar-refractivity contribution is 7.12. The van der Waals surface area contributed by atoms with Gasteiger partial charge in [-0.05, 0) is 30.4 Å². The first-order valence-corrected chi connectivity index (χ1v) is 6.13. The zero-order valence-electron chi connectivity index (χ0n) is 9.80. The van der Waals surface area contributed by atoms with Gasteiger partial charge in [0.2, 0.25) is 0 Å². The zero-order valence-corrected chi connectivity index (χ0v) is 10.6. The molecule has 0 fully saturated rings. The lowest BCUT2D eigenvalue weighted by Gasteiger charge is -2.13. The molecule has 0 aliphatic heterocycles. The van der Waals surface area contributed by atoms with E-state index in [2.05, 4.69) is 0 Å². The van der Waals surface area contributed by atoms with Gasteiger partial charge >= 0.3 is 12.1 Å². The molecule has 3 nitrogen and oxygen atoms in total. The SMILES string of the molecule is CCc1csc(C(=O)C(C)NC(=O)C(F)(F)F)c1. The maximum absolute atomic E-state index is 12.0. The Morgan fingerprint density at radius 1 is 1.44 bits per heavy atom. The third-order valence-corrected chi connectivity index (χ3v) is 3.30. The van der Waals surface area contributed by atoms with Crippen LogP contribution in [0.4, 0.5) is 13.2 Å². The molecule has 1 aromatic heterocycles. The molecule has 0 radical (unpaired) electrons. The standard InChI is InChI=1S/C11H12F3NO2S/c1-3-7-4-8(18-5-7)9(16)6(2)15-10(17)11(12,13)14/h4-6H,3H2,1-2H3,(H,15,17). The molecular weight excluding hydrogens is 267 g/mol. The predicted octanol–water partition coefficient (Wildman–Crippen LogP) is 2.56. The van der Waals surface area contributed by atoms with Gasteiger partial charge in [-0.25, -0.2) is 0 Å². The first-order chi connectivity index (χ1) is 8.25. The molecule has 1 heterocycles. The van der Waals surface area contributed by atoms with Crippen molar-refractivity contribution in [1.82, 2.24) is 5.32 Å². The van der Waals surface area contributed by atoms with Crippen LogP contribution in [-0.2, 0) is 11.2 Å². The van der Waals surface area contributed by atoms with Gasteiger partial charge in [-0.2, -0.15) is 13.2 Å². The first kappa shape index (κ1) is 14.7. The molecule has 0 aliphatic rings. The van der Waals surface area contributed by atoms with E-state index in [0.29, 0.717) is 4.88 Å². The van der Waals surface area contributed by atoms with E-state index in [-0.39, 0.29) is 0 Å². The number of carbonyl (C=O) groups is 2. The Balaban J connectivity index is 2.70. The monoisotopic (exact) mass is 279 g/mol. The Hall–Kier alpha value is -1.37. The lowest BCUT2D eigenvalue weighted by atomic mass is 10.1. The Morgan fingerprint density at radius 2 is 2.06 bits per heavy atom. The van der Waals surface area contributed by atoms with E-state index in [0.717, 1.165) is 23.3 Å². The van der Waals surface area contributed by atoms with Crippen molar-refractivity contribution in [3.05, 3.63) is 21.9 Å². The van der Waals surface area contributed by atoms with Gasteiger partial charge in [0, 0.05) is 0 Å². The van der Waals surface area contributed by atoms with E-state index in [9.17, 15) is 22.8 Å². The molecule has 0 saturated heterocycles. The van der Waals surface area contributed by atoms with Crippen molar-refractivity contribution in [1.29, 1.82) is 0 Å². The number of alkyl halides is 3. The summed E-state index contributed by atoms with van der Waals surface area (Å²) in [5, 5.41) is 3.41. The molecule has 100 valence electrons. The van der Waals surface area contributed by atoms with E-state index in [4.69, 9.17) is 0 Å². The van der Waals surface area contributed by atoms with Crippen molar-refractivity contribution in [3.63, 3.8) is 0 Å². The van der Waals surface area contributed by atoms with Gasteiger partial charge in [-0.15, -0.1) is 11.3 Å². The number of carbonyl (C=O) groups excluding carboxylic acids is 2. The molecule has 1 aromatic rings. The van der Waals surface area contributed by atoms with Crippen LogP contribution in [0.15, 0.2) is 11.4 Å². The minimum Gasteiger partial charge on any atom is -0.338 e. The molecule has 0 aromatic carbocycles. The minimum absolute atomic E-state index is 0.349. The molecule has 0 aliphatic carbocycles. The summed E-state index contributed by atoms with van der Waals surface area (Å²) in [6.07, 6.45) is -4.23. The van der Waals surface area contributed by atoms with Crippen LogP contribution < -0.4 is 5.32 Å². The second kappa shape index (κ2) is 5.51. The van der Waals surface area contributed by atoms with E-state index in [1.807, 2.05) is 6.92 Å². The molecule has 0 saturated carbocycles. The quantitative estimate of drug-likeness (QED) is 0.861. The van der Waals surface area contributed by atoms with Gasteiger partial charge in [0.1, 0.15) is 0 Å². The summed E-state index contributed by atoms with van der Waals surface area (Å²) in [5.74, 6) is -2.62. The maximum atomic E-state index is 12.0. The van der Waals surface area contributed by atoms with Crippen LogP contribution >= 0.6 is 11.3 Å². The molecule has 1 N–H and O–H groups in total. The Bertz CT molecular complexity index is 453. The maximum Gasteiger partial charge on any atom is 0.471 e. The first-order valence-electron chi connectivity index (χ1n) is 5.25. The van der Waals surface area contributed by atoms with Crippen LogP contribution in [0.25, 0.3) is 0 Å². The third kappa shape index (κ3) is 3.56. The lowest BCUT2D eigenvalue weighted by molar-refractivity contribution is -0.173.